The zero-order valence-electron chi connectivity index (χ0n) is 11.7. The van der Waals surface area contributed by atoms with Gasteiger partial charge in [0.1, 0.15) is 5.82 Å². The Labute approximate surface area is 125 Å². The van der Waals surface area contributed by atoms with Crippen molar-refractivity contribution in [2.24, 2.45) is 0 Å². The number of halogens is 1. The van der Waals surface area contributed by atoms with E-state index in [4.69, 9.17) is 5.11 Å². The van der Waals surface area contributed by atoms with Crippen LogP contribution in [0.15, 0.2) is 30.5 Å². The molecule has 0 radical (unpaired) electrons. The number of carbonyl (C=O) groups is 3. The van der Waals surface area contributed by atoms with E-state index in [1.807, 2.05) is 0 Å². The number of rotatable bonds is 6. The Morgan fingerprint density at radius 2 is 1.86 bits per heavy atom. The van der Waals surface area contributed by atoms with Crippen molar-refractivity contribution >= 4 is 17.5 Å². The fourth-order valence-electron chi connectivity index (χ4n) is 1.96. The lowest BCUT2D eigenvalue weighted by atomic mass is 10.1. The lowest BCUT2D eigenvalue weighted by Crippen LogP contribution is -2.17. The molecule has 0 unspecified atom stereocenters. The molecule has 6 nitrogen and oxygen atoms in total. The van der Waals surface area contributed by atoms with E-state index in [9.17, 15) is 18.8 Å². The van der Waals surface area contributed by atoms with Crippen molar-refractivity contribution in [2.75, 3.05) is 0 Å². The molecule has 0 fully saturated rings. The van der Waals surface area contributed by atoms with Gasteiger partial charge in [0.05, 0.1) is 24.7 Å². The summed E-state index contributed by atoms with van der Waals surface area (Å²) in [5, 5.41) is 12.6. The minimum atomic E-state index is -1.63. The van der Waals surface area contributed by atoms with Crippen LogP contribution in [-0.4, -0.2) is 32.4 Å². The van der Waals surface area contributed by atoms with Gasteiger partial charge < -0.3 is 5.11 Å². The minimum Gasteiger partial charge on any atom is -0.475 e. The molecule has 0 saturated carbocycles. The van der Waals surface area contributed by atoms with E-state index >= 15 is 0 Å². The molecule has 0 atom stereocenters. The number of ketones is 2. The lowest BCUT2D eigenvalue weighted by Gasteiger charge is -2.05. The summed E-state index contributed by atoms with van der Waals surface area (Å²) >= 11 is 0. The third kappa shape index (κ3) is 3.43. The SMILES string of the molecule is Cc1c(C(=O)CC(=O)C(=O)O)cnn1Cc1ccc(F)cc1. The van der Waals surface area contributed by atoms with Crippen molar-refractivity contribution in [2.45, 2.75) is 19.9 Å². The van der Waals surface area contributed by atoms with Crippen molar-refractivity contribution in [3.8, 4) is 0 Å². The highest BCUT2D eigenvalue weighted by Crippen LogP contribution is 2.13. The van der Waals surface area contributed by atoms with Crippen LogP contribution >= 0.6 is 0 Å². The van der Waals surface area contributed by atoms with Gasteiger partial charge in [-0.2, -0.15) is 5.10 Å². The number of Topliss-reactive ketones (excluding diaryl/α,β-unsaturated/α-hetero) is 2. The molecule has 7 heteroatoms. The highest BCUT2D eigenvalue weighted by molar-refractivity contribution is 6.37. The Bertz CT molecular complexity index is 735. The van der Waals surface area contributed by atoms with Gasteiger partial charge in [0.25, 0.3) is 0 Å². The Morgan fingerprint density at radius 1 is 1.23 bits per heavy atom. The predicted octanol–water partition coefficient (Wildman–Crippen LogP) is 1.61. The van der Waals surface area contributed by atoms with Crippen LogP contribution in [0.4, 0.5) is 4.39 Å². The van der Waals surface area contributed by atoms with Gasteiger partial charge in [0, 0.05) is 5.69 Å². The predicted molar refractivity (Wildman–Crippen MR) is 74.1 cm³/mol. The smallest absolute Gasteiger partial charge is 0.372 e. The second kappa shape index (κ2) is 6.30. The van der Waals surface area contributed by atoms with Crippen molar-refractivity contribution in [3.05, 3.63) is 53.1 Å². The van der Waals surface area contributed by atoms with Gasteiger partial charge in [0.15, 0.2) is 5.78 Å². The number of nitrogens with zero attached hydrogens (tertiary/aromatic N) is 2. The van der Waals surface area contributed by atoms with E-state index in [0.717, 1.165) is 5.56 Å². The first-order chi connectivity index (χ1) is 10.4. The molecule has 0 aliphatic rings. The normalized spacial score (nSPS) is 10.5. The molecule has 22 heavy (non-hydrogen) atoms. The van der Waals surface area contributed by atoms with E-state index in [2.05, 4.69) is 5.10 Å². The highest BCUT2D eigenvalue weighted by atomic mass is 19.1. The van der Waals surface area contributed by atoms with Crippen LogP contribution in [0.2, 0.25) is 0 Å². The van der Waals surface area contributed by atoms with E-state index in [1.165, 1.54) is 23.0 Å². The number of aromatic nitrogens is 2. The molecule has 2 rings (SSSR count). The molecule has 1 N–H and O–H groups in total. The summed E-state index contributed by atoms with van der Waals surface area (Å²) in [4.78, 5) is 33.5. The van der Waals surface area contributed by atoms with Gasteiger partial charge in [0.2, 0.25) is 5.78 Å². The average Bonchev–Trinajstić information content (AvgIpc) is 2.82. The summed E-state index contributed by atoms with van der Waals surface area (Å²) in [7, 11) is 0. The number of carbonyl (C=O) groups excluding carboxylic acids is 2. The first-order valence-corrected chi connectivity index (χ1v) is 6.44. The molecular formula is C15H13FN2O4. The van der Waals surface area contributed by atoms with Gasteiger partial charge in [-0.15, -0.1) is 0 Å². The topological polar surface area (TPSA) is 89.3 Å². The maximum Gasteiger partial charge on any atom is 0.372 e. The monoisotopic (exact) mass is 304 g/mol. The van der Waals surface area contributed by atoms with Crippen LogP contribution in [0, 0.1) is 12.7 Å². The summed E-state index contributed by atoms with van der Waals surface area (Å²) in [6.45, 7) is 1.99. The molecule has 0 bridgehead atoms. The average molecular weight is 304 g/mol. The maximum atomic E-state index is 12.9. The Hall–Kier alpha value is -2.83. The molecular weight excluding hydrogens is 291 g/mol. The quantitative estimate of drug-likeness (QED) is 0.497. The molecule has 0 aliphatic carbocycles. The fourth-order valence-corrected chi connectivity index (χ4v) is 1.96. The van der Waals surface area contributed by atoms with Gasteiger partial charge in [-0.25, -0.2) is 9.18 Å². The largest absolute Gasteiger partial charge is 0.475 e. The van der Waals surface area contributed by atoms with Crippen molar-refractivity contribution in [1.82, 2.24) is 9.78 Å². The number of aliphatic carboxylic acids is 1. The Balaban J connectivity index is 2.15. The Morgan fingerprint density at radius 3 is 2.45 bits per heavy atom. The van der Waals surface area contributed by atoms with Crippen LogP contribution in [0.25, 0.3) is 0 Å². The lowest BCUT2D eigenvalue weighted by molar-refractivity contribution is -0.148. The zero-order valence-corrected chi connectivity index (χ0v) is 11.7. The maximum absolute atomic E-state index is 12.9. The molecule has 1 aromatic heterocycles. The van der Waals surface area contributed by atoms with Crippen LogP contribution in [-0.2, 0) is 16.1 Å². The van der Waals surface area contributed by atoms with E-state index in [1.54, 1.807) is 19.1 Å². The van der Waals surface area contributed by atoms with Crippen LogP contribution in [0.3, 0.4) is 0 Å². The zero-order chi connectivity index (χ0) is 16.3. The first-order valence-electron chi connectivity index (χ1n) is 6.44. The molecule has 2 aromatic rings. The second-order valence-electron chi connectivity index (χ2n) is 4.76. The summed E-state index contributed by atoms with van der Waals surface area (Å²) < 4.78 is 14.4. The second-order valence-corrected chi connectivity index (χ2v) is 4.76. The van der Waals surface area contributed by atoms with Crippen molar-refractivity contribution in [1.29, 1.82) is 0 Å². The van der Waals surface area contributed by atoms with Crippen LogP contribution in [0.1, 0.15) is 28.0 Å². The summed E-state index contributed by atoms with van der Waals surface area (Å²) in [5.74, 6) is -3.72. The van der Waals surface area contributed by atoms with Gasteiger partial charge in [-0.3, -0.25) is 14.3 Å². The first kappa shape index (κ1) is 15.6. The van der Waals surface area contributed by atoms with Crippen molar-refractivity contribution in [3.63, 3.8) is 0 Å². The van der Waals surface area contributed by atoms with Crippen molar-refractivity contribution < 1.29 is 23.9 Å². The molecule has 1 heterocycles. The van der Waals surface area contributed by atoms with Gasteiger partial charge >= 0.3 is 5.97 Å². The molecule has 0 spiro atoms. The molecule has 0 amide bonds. The fraction of sp³-hybridized carbons (Fsp3) is 0.200. The standard InChI is InChI=1S/C15H13FN2O4/c1-9-12(13(19)6-14(20)15(21)22)7-17-18(9)8-10-2-4-11(16)5-3-10/h2-5,7H,6,8H2,1H3,(H,21,22). The van der Waals surface area contributed by atoms with Gasteiger partial charge in [-0.05, 0) is 24.6 Å². The number of benzene rings is 1. The number of hydrogen-bond donors (Lipinski definition) is 1. The number of carboxylic acids is 1. The van der Waals surface area contributed by atoms with Crippen LogP contribution in [0.5, 0.6) is 0 Å². The van der Waals surface area contributed by atoms with E-state index in [0.29, 0.717) is 12.2 Å². The summed E-state index contributed by atoms with van der Waals surface area (Å²) in [5.41, 5.74) is 1.53. The summed E-state index contributed by atoms with van der Waals surface area (Å²) in [6.07, 6.45) is 0.606. The molecule has 0 saturated heterocycles. The number of carboxylic acid groups (broad SMARTS) is 1. The van der Waals surface area contributed by atoms with E-state index in [-0.39, 0.29) is 11.4 Å². The molecule has 1 aromatic carbocycles. The molecule has 114 valence electrons. The highest BCUT2D eigenvalue weighted by Gasteiger charge is 2.21. The van der Waals surface area contributed by atoms with E-state index < -0.39 is 24.0 Å². The third-order valence-corrected chi connectivity index (χ3v) is 3.21. The van der Waals surface area contributed by atoms with Crippen LogP contribution < -0.4 is 0 Å². The number of hydrogen-bond acceptors (Lipinski definition) is 4. The van der Waals surface area contributed by atoms with Gasteiger partial charge in [-0.1, -0.05) is 12.1 Å². The Kier molecular flexibility index (Phi) is 4.45. The third-order valence-electron chi connectivity index (χ3n) is 3.21. The molecule has 0 aliphatic heterocycles. The summed E-state index contributed by atoms with van der Waals surface area (Å²) in [6, 6.07) is 5.86. The minimum absolute atomic E-state index is 0.205.